The number of nitrogens with two attached hydrogens (primary N) is 1. The number of nitrogens with zero attached hydrogens (tertiary/aromatic N) is 4. The van der Waals surface area contributed by atoms with Gasteiger partial charge in [-0.3, -0.25) is 14.6 Å². The fourth-order valence-corrected chi connectivity index (χ4v) is 4.33. The summed E-state index contributed by atoms with van der Waals surface area (Å²) in [5.74, 6) is -1.36. The molecule has 2 aliphatic heterocycles. The molecule has 11 heteroatoms. The summed E-state index contributed by atoms with van der Waals surface area (Å²) in [4.78, 5) is 26.4. The maximum absolute atomic E-state index is 13.2. The van der Waals surface area contributed by atoms with Crippen LogP contribution in [-0.4, -0.2) is 73.6 Å². The molecule has 0 aromatic heterocycles. The number of likely N-dealkylation sites (tertiary alicyclic amines) is 1. The fraction of sp³-hybridized carbons (Fsp3) is 0.500. The third-order valence-corrected chi connectivity index (χ3v) is 6.71. The summed E-state index contributed by atoms with van der Waals surface area (Å²) < 4.78 is 37.9. The molecule has 1 aromatic rings. The van der Waals surface area contributed by atoms with Gasteiger partial charge in [0.25, 0.3) is 5.91 Å². The summed E-state index contributed by atoms with van der Waals surface area (Å²) in [6.07, 6.45) is 2.26. The lowest BCUT2D eigenvalue weighted by Crippen LogP contribution is -2.48. The summed E-state index contributed by atoms with van der Waals surface area (Å²) in [5, 5.41) is 5.63. The summed E-state index contributed by atoms with van der Waals surface area (Å²) in [7, 11) is -1.75. The van der Waals surface area contributed by atoms with Gasteiger partial charge in [0, 0.05) is 32.6 Å². The van der Waals surface area contributed by atoms with E-state index >= 15 is 0 Å². The molecule has 0 saturated carbocycles. The van der Waals surface area contributed by atoms with Crippen molar-refractivity contribution in [2.75, 3.05) is 31.4 Å². The van der Waals surface area contributed by atoms with Crippen LogP contribution in [0.1, 0.15) is 19.3 Å². The number of hydrogen-bond donors (Lipinski definition) is 1. The van der Waals surface area contributed by atoms with Crippen LogP contribution in [0.4, 0.5) is 10.1 Å². The first-order valence-corrected chi connectivity index (χ1v) is 11.1. The van der Waals surface area contributed by atoms with Gasteiger partial charge in [-0.2, -0.15) is 5.10 Å². The highest BCUT2D eigenvalue weighted by Crippen LogP contribution is 2.26. The molecule has 2 amide bonds. The van der Waals surface area contributed by atoms with Crippen molar-refractivity contribution in [3.8, 4) is 0 Å². The van der Waals surface area contributed by atoms with Crippen LogP contribution in [0.15, 0.2) is 29.4 Å². The van der Waals surface area contributed by atoms with Gasteiger partial charge in [0.05, 0.1) is 11.9 Å². The highest BCUT2D eigenvalue weighted by Gasteiger charge is 2.38. The number of carbonyl (C=O) groups excluding carboxylic acids is 2. The summed E-state index contributed by atoms with van der Waals surface area (Å²) in [6, 6.07) is 4.43. The molecule has 29 heavy (non-hydrogen) atoms. The van der Waals surface area contributed by atoms with E-state index in [4.69, 9.17) is 5.73 Å². The number of piperidine rings is 1. The Morgan fingerprint density at radius 2 is 1.79 bits per heavy atom. The SMILES string of the molecule is CN(C1CCN(C(=O)C2=NN(c3ccc(F)cc3)C(C(N)=O)C2)CC1)S(C)(=O)=O. The molecule has 2 aliphatic rings. The minimum Gasteiger partial charge on any atom is -0.368 e. The molecule has 158 valence electrons. The van der Waals surface area contributed by atoms with E-state index < -0.39 is 27.8 Å². The second kappa shape index (κ2) is 8.07. The van der Waals surface area contributed by atoms with Crippen LogP contribution in [0.2, 0.25) is 0 Å². The van der Waals surface area contributed by atoms with E-state index in [0.29, 0.717) is 31.6 Å². The number of rotatable bonds is 5. The van der Waals surface area contributed by atoms with E-state index in [1.165, 1.54) is 40.6 Å². The molecular weight excluding hydrogens is 401 g/mol. The number of carbonyl (C=O) groups is 2. The molecule has 1 unspecified atom stereocenters. The number of hydrogen-bond acceptors (Lipinski definition) is 6. The van der Waals surface area contributed by atoms with Gasteiger partial charge in [0.15, 0.2) is 0 Å². The van der Waals surface area contributed by atoms with E-state index in [9.17, 15) is 22.4 Å². The van der Waals surface area contributed by atoms with Crippen molar-refractivity contribution >= 4 is 33.2 Å². The van der Waals surface area contributed by atoms with Crippen LogP contribution in [0.5, 0.6) is 0 Å². The van der Waals surface area contributed by atoms with E-state index in [1.807, 2.05) is 0 Å². The predicted molar refractivity (Wildman–Crippen MR) is 106 cm³/mol. The van der Waals surface area contributed by atoms with Crippen molar-refractivity contribution in [1.82, 2.24) is 9.21 Å². The Labute approximate surface area is 169 Å². The number of hydrazone groups is 1. The molecule has 0 bridgehead atoms. The smallest absolute Gasteiger partial charge is 0.270 e. The highest BCUT2D eigenvalue weighted by molar-refractivity contribution is 7.88. The van der Waals surface area contributed by atoms with Gasteiger partial charge >= 0.3 is 0 Å². The van der Waals surface area contributed by atoms with Gasteiger partial charge in [-0.1, -0.05) is 0 Å². The van der Waals surface area contributed by atoms with E-state index in [2.05, 4.69) is 5.10 Å². The van der Waals surface area contributed by atoms with Crippen molar-refractivity contribution in [2.45, 2.75) is 31.3 Å². The molecule has 1 fully saturated rings. The van der Waals surface area contributed by atoms with E-state index in [1.54, 1.807) is 4.90 Å². The molecule has 2 N–H and O–H groups in total. The van der Waals surface area contributed by atoms with Crippen molar-refractivity contribution in [3.05, 3.63) is 30.1 Å². The number of sulfonamides is 1. The van der Waals surface area contributed by atoms with Gasteiger partial charge in [-0.15, -0.1) is 0 Å². The van der Waals surface area contributed by atoms with Crippen LogP contribution < -0.4 is 10.7 Å². The maximum atomic E-state index is 13.2. The number of benzene rings is 1. The Balaban J connectivity index is 1.72. The molecule has 9 nitrogen and oxygen atoms in total. The quantitative estimate of drug-likeness (QED) is 0.720. The topological polar surface area (TPSA) is 116 Å². The third kappa shape index (κ3) is 4.56. The van der Waals surface area contributed by atoms with Crippen LogP contribution in [0.3, 0.4) is 0 Å². The highest BCUT2D eigenvalue weighted by atomic mass is 32.2. The van der Waals surface area contributed by atoms with Crippen molar-refractivity contribution in [1.29, 1.82) is 0 Å². The molecule has 0 spiro atoms. The summed E-state index contributed by atoms with van der Waals surface area (Å²) in [6.45, 7) is 0.778. The first-order chi connectivity index (χ1) is 13.6. The number of halogens is 1. The zero-order valence-electron chi connectivity index (χ0n) is 16.3. The van der Waals surface area contributed by atoms with Gasteiger partial charge in [-0.25, -0.2) is 17.1 Å². The second-order valence-electron chi connectivity index (χ2n) is 7.29. The Morgan fingerprint density at radius 3 is 2.31 bits per heavy atom. The zero-order valence-corrected chi connectivity index (χ0v) is 17.1. The van der Waals surface area contributed by atoms with Crippen LogP contribution in [0, 0.1) is 5.82 Å². The number of amides is 2. The monoisotopic (exact) mass is 425 g/mol. The van der Waals surface area contributed by atoms with Gasteiger partial charge in [0.1, 0.15) is 17.6 Å². The first kappa shape index (κ1) is 21.2. The van der Waals surface area contributed by atoms with Crippen molar-refractivity contribution < 1.29 is 22.4 Å². The zero-order chi connectivity index (χ0) is 21.3. The molecule has 3 rings (SSSR count). The molecule has 2 heterocycles. The molecule has 1 aromatic carbocycles. The standard InChI is InChI=1S/C18H24FN5O4S/c1-22(29(2,27)28)13-7-9-23(10-8-13)18(26)15-11-16(17(20)25)24(21-15)14-5-3-12(19)4-6-14/h3-6,13,16H,7-11H2,1-2H3,(H2,20,25). The van der Waals surface area contributed by atoms with Crippen molar-refractivity contribution in [3.63, 3.8) is 0 Å². The molecule has 0 radical (unpaired) electrons. The Kier molecular flexibility index (Phi) is 5.90. The number of anilines is 1. The van der Waals surface area contributed by atoms with E-state index in [-0.39, 0.29) is 24.1 Å². The van der Waals surface area contributed by atoms with Crippen LogP contribution in [0.25, 0.3) is 0 Å². The summed E-state index contributed by atoms with van der Waals surface area (Å²) >= 11 is 0. The van der Waals surface area contributed by atoms with E-state index in [0.717, 1.165) is 6.26 Å². The predicted octanol–water partition coefficient (Wildman–Crippen LogP) is 0.128. The second-order valence-corrected chi connectivity index (χ2v) is 9.33. The largest absolute Gasteiger partial charge is 0.368 e. The minimum atomic E-state index is -3.29. The lowest BCUT2D eigenvalue weighted by atomic mass is 10.0. The average Bonchev–Trinajstić information content (AvgIpc) is 3.12. The molecular formula is C18H24FN5O4S. The maximum Gasteiger partial charge on any atom is 0.270 e. The first-order valence-electron chi connectivity index (χ1n) is 9.22. The minimum absolute atomic E-state index is 0.0642. The fourth-order valence-electron chi connectivity index (χ4n) is 3.58. The molecule has 1 saturated heterocycles. The Bertz CT molecular complexity index is 926. The lowest BCUT2D eigenvalue weighted by molar-refractivity contribution is -0.125. The third-order valence-electron chi connectivity index (χ3n) is 5.37. The number of primary amides is 1. The van der Waals surface area contributed by atoms with Gasteiger partial charge in [-0.05, 0) is 37.1 Å². The van der Waals surface area contributed by atoms with Crippen molar-refractivity contribution in [2.24, 2.45) is 10.8 Å². The average molecular weight is 425 g/mol. The summed E-state index contributed by atoms with van der Waals surface area (Å²) in [5.41, 5.74) is 6.14. The Morgan fingerprint density at radius 1 is 1.21 bits per heavy atom. The van der Waals surface area contributed by atoms with Crippen LogP contribution >= 0.6 is 0 Å². The van der Waals surface area contributed by atoms with Gasteiger partial charge in [0.2, 0.25) is 15.9 Å². The normalized spacial score (nSPS) is 20.8. The van der Waals surface area contributed by atoms with Crippen LogP contribution in [-0.2, 0) is 19.6 Å². The Hall–Kier alpha value is -2.53. The van der Waals surface area contributed by atoms with Gasteiger partial charge < -0.3 is 10.6 Å². The lowest BCUT2D eigenvalue weighted by Gasteiger charge is -2.35. The molecule has 1 atom stereocenters. The molecule has 0 aliphatic carbocycles.